The van der Waals surface area contributed by atoms with Crippen LogP contribution in [0.3, 0.4) is 0 Å². The van der Waals surface area contributed by atoms with Crippen molar-refractivity contribution in [1.29, 1.82) is 0 Å². The highest BCUT2D eigenvalue weighted by molar-refractivity contribution is 7.16. The first-order valence-electron chi connectivity index (χ1n) is 9.61. The zero-order valence-electron chi connectivity index (χ0n) is 16.3. The maximum absolute atomic E-state index is 13.2. The second kappa shape index (κ2) is 7.72. The van der Waals surface area contributed by atoms with E-state index in [1.54, 1.807) is 29.8 Å². The Labute approximate surface area is 184 Å². The molecule has 6 nitrogen and oxygen atoms in total. The highest BCUT2D eigenvalue weighted by Crippen LogP contribution is 2.36. The van der Waals surface area contributed by atoms with Crippen LogP contribution in [-0.4, -0.2) is 17.2 Å². The molecule has 0 saturated carbocycles. The van der Waals surface area contributed by atoms with Crippen LogP contribution in [0.25, 0.3) is 10.2 Å². The van der Waals surface area contributed by atoms with E-state index in [9.17, 15) is 18.0 Å². The van der Waals surface area contributed by atoms with Gasteiger partial charge in [0.2, 0.25) is 0 Å². The zero-order valence-corrected chi connectivity index (χ0v) is 17.1. The number of alkyl halides is 3. The van der Waals surface area contributed by atoms with Gasteiger partial charge >= 0.3 is 6.18 Å². The van der Waals surface area contributed by atoms with E-state index in [0.29, 0.717) is 22.6 Å². The molecule has 0 fully saturated rings. The molecule has 1 amide bonds. The van der Waals surface area contributed by atoms with Crippen molar-refractivity contribution in [2.45, 2.75) is 12.5 Å². The minimum Gasteiger partial charge on any atom is -0.348 e. The van der Waals surface area contributed by atoms with E-state index in [1.807, 2.05) is 12.1 Å². The van der Waals surface area contributed by atoms with Gasteiger partial charge in [0.15, 0.2) is 6.29 Å². The first-order valence-corrected chi connectivity index (χ1v) is 10.5. The van der Waals surface area contributed by atoms with Crippen LogP contribution in [0.15, 0.2) is 66.2 Å². The van der Waals surface area contributed by atoms with Crippen LogP contribution >= 0.6 is 11.3 Å². The Hall–Kier alpha value is -3.79. The maximum atomic E-state index is 13.2. The van der Waals surface area contributed by atoms with Gasteiger partial charge in [0, 0.05) is 16.9 Å². The van der Waals surface area contributed by atoms with Gasteiger partial charge in [-0.15, -0.1) is 11.3 Å². The third-order valence-corrected chi connectivity index (χ3v) is 5.79. The lowest BCUT2D eigenvalue weighted by atomic mass is 10.1. The van der Waals surface area contributed by atoms with Gasteiger partial charge in [-0.1, -0.05) is 12.1 Å². The van der Waals surface area contributed by atoms with E-state index in [0.717, 1.165) is 16.3 Å². The molecule has 0 spiro atoms. The second-order valence-corrected chi connectivity index (χ2v) is 8.05. The highest BCUT2D eigenvalue weighted by Gasteiger charge is 2.34. The number of carbonyl (C=O) groups is 1. The van der Waals surface area contributed by atoms with Crippen molar-refractivity contribution >= 4 is 50.2 Å². The summed E-state index contributed by atoms with van der Waals surface area (Å²) in [5, 5.41) is 11.8. The lowest BCUT2D eigenvalue weighted by molar-refractivity contribution is -0.137. The fourth-order valence-corrected chi connectivity index (χ4v) is 4.21. The van der Waals surface area contributed by atoms with Crippen molar-refractivity contribution in [3.05, 3.63) is 77.3 Å². The lowest BCUT2D eigenvalue weighted by Gasteiger charge is -2.19. The summed E-state index contributed by atoms with van der Waals surface area (Å²) in [5.74, 6) is -0.294. The average Bonchev–Trinajstić information content (AvgIpc) is 3.38. The SMILES string of the molecule is O=C(Nc1ccc2ncsc2c1)c1ccc2c(c1)NC(Nc1ccccc1C(F)(F)F)N2. The van der Waals surface area contributed by atoms with Gasteiger partial charge in [0.05, 0.1) is 32.7 Å². The maximum Gasteiger partial charge on any atom is 0.418 e. The molecule has 4 N–H and O–H groups in total. The smallest absolute Gasteiger partial charge is 0.348 e. The quantitative estimate of drug-likeness (QED) is 0.313. The highest BCUT2D eigenvalue weighted by atomic mass is 32.1. The van der Waals surface area contributed by atoms with E-state index in [2.05, 4.69) is 26.3 Å². The Morgan fingerprint density at radius 3 is 2.66 bits per heavy atom. The average molecular weight is 455 g/mol. The number of thiazole rings is 1. The second-order valence-electron chi connectivity index (χ2n) is 7.16. The summed E-state index contributed by atoms with van der Waals surface area (Å²) >= 11 is 1.49. The Morgan fingerprint density at radius 1 is 1.00 bits per heavy atom. The molecule has 4 aromatic rings. The van der Waals surface area contributed by atoms with Crippen LogP contribution in [0.1, 0.15) is 15.9 Å². The van der Waals surface area contributed by atoms with E-state index >= 15 is 0 Å². The summed E-state index contributed by atoms with van der Waals surface area (Å²) in [6, 6.07) is 15.8. The van der Waals surface area contributed by atoms with E-state index in [1.165, 1.54) is 29.5 Å². The number of nitrogens with zero attached hydrogens (tertiary/aromatic N) is 1. The number of carbonyl (C=O) groups excluding carboxylic acids is 1. The van der Waals surface area contributed by atoms with E-state index in [4.69, 9.17) is 0 Å². The van der Waals surface area contributed by atoms with Gasteiger partial charge in [-0.05, 0) is 48.5 Å². The summed E-state index contributed by atoms with van der Waals surface area (Å²) in [5.41, 5.74) is 4.17. The Morgan fingerprint density at radius 2 is 1.81 bits per heavy atom. The van der Waals surface area contributed by atoms with Crippen LogP contribution in [-0.2, 0) is 6.18 Å². The number of para-hydroxylation sites is 1. The first-order chi connectivity index (χ1) is 15.4. The molecule has 0 radical (unpaired) electrons. The monoisotopic (exact) mass is 455 g/mol. The number of hydrogen-bond acceptors (Lipinski definition) is 6. The number of hydrogen-bond donors (Lipinski definition) is 4. The van der Waals surface area contributed by atoms with Crippen LogP contribution < -0.4 is 21.3 Å². The molecule has 1 aliphatic rings. The van der Waals surface area contributed by atoms with Crippen LogP contribution in [0.4, 0.5) is 35.9 Å². The molecule has 1 atom stereocenters. The van der Waals surface area contributed by atoms with Crippen molar-refractivity contribution in [3.8, 4) is 0 Å². The molecule has 2 heterocycles. The van der Waals surface area contributed by atoms with E-state index in [-0.39, 0.29) is 11.6 Å². The first kappa shape index (κ1) is 20.1. The third kappa shape index (κ3) is 3.92. The molecule has 1 unspecified atom stereocenters. The molecule has 3 aromatic carbocycles. The van der Waals surface area contributed by atoms with Crippen molar-refractivity contribution in [1.82, 2.24) is 4.98 Å². The lowest BCUT2D eigenvalue weighted by Crippen LogP contribution is -2.32. The summed E-state index contributed by atoms with van der Waals surface area (Å²) in [6.45, 7) is 0. The molecule has 0 bridgehead atoms. The predicted molar refractivity (Wildman–Crippen MR) is 120 cm³/mol. The van der Waals surface area contributed by atoms with Crippen LogP contribution in [0.2, 0.25) is 0 Å². The minimum absolute atomic E-state index is 0.0470. The molecule has 162 valence electrons. The molecule has 32 heavy (non-hydrogen) atoms. The third-order valence-electron chi connectivity index (χ3n) is 5.00. The zero-order chi connectivity index (χ0) is 22.3. The normalized spacial score (nSPS) is 15.0. The summed E-state index contributed by atoms with van der Waals surface area (Å²) in [7, 11) is 0. The largest absolute Gasteiger partial charge is 0.418 e. The molecule has 10 heteroatoms. The minimum atomic E-state index is -4.47. The number of nitrogens with one attached hydrogen (secondary N) is 4. The summed E-state index contributed by atoms with van der Waals surface area (Å²) in [4.78, 5) is 16.9. The molecular formula is C22H16F3N5OS. The van der Waals surface area contributed by atoms with Gasteiger partial charge in [0.1, 0.15) is 0 Å². The molecule has 0 saturated heterocycles. The predicted octanol–water partition coefficient (Wildman–Crippen LogP) is 5.80. The molecule has 1 aliphatic heterocycles. The Balaban J connectivity index is 1.30. The van der Waals surface area contributed by atoms with Gasteiger partial charge in [0.25, 0.3) is 5.91 Å². The van der Waals surface area contributed by atoms with Crippen LogP contribution in [0.5, 0.6) is 0 Å². The number of fused-ring (bicyclic) bond motifs is 2. The number of anilines is 4. The topological polar surface area (TPSA) is 78.1 Å². The van der Waals surface area contributed by atoms with Gasteiger partial charge in [-0.3, -0.25) is 4.79 Å². The fourth-order valence-electron chi connectivity index (χ4n) is 3.50. The number of rotatable bonds is 4. The number of aromatic nitrogens is 1. The van der Waals surface area contributed by atoms with Crippen molar-refractivity contribution in [3.63, 3.8) is 0 Å². The number of halogens is 3. The molecule has 1 aromatic heterocycles. The van der Waals surface area contributed by atoms with Crippen LogP contribution in [0, 0.1) is 0 Å². The number of amides is 1. The molecule has 0 aliphatic carbocycles. The summed E-state index contributed by atoms with van der Waals surface area (Å²) < 4.78 is 40.7. The molecule has 5 rings (SSSR count). The van der Waals surface area contributed by atoms with Gasteiger partial charge in [-0.25, -0.2) is 4.98 Å². The fraction of sp³-hybridized carbons (Fsp3) is 0.0909. The summed E-state index contributed by atoms with van der Waals surface area (Å²) in [6.07, 6.45) is -5.14. The van der Waals surface area contributed by atoms with Crippen molar-refractivity contribution < 1.29 is 18.0 Å². The van der Waals surface area contributed by atoms with Crippen molar-refractivity contribution in [2.75, 3.05) is 21.3 Å². The standard InChI is InChI=1S/C22H16F3N5OS/c23-22(24,25)14-3-1-2-4-15(14)28-21-29-16-7-5-12(9-18(16)30-21)20(31)27-13-6-8-17-19(10-13)32-11-26-17/h1-11,21,28-30H,(H,27,31). The number of benzene rings is 3. The van der Waals surface area contributed by atoms with Gasteiger partial charge < -0.3 is 21.3 Å². The Kier molecular flexibility index (Phi) is 4.86. The Bertz CT molecular complexity index is 1320. The van der Waals surface area contributed by atoms with E-state index < -0.39 is 18.0 Å². The van der Waals surface area contributed by atoms with Gasteiger partial charge in [-0.2, -0.15) is 13.2 Å². The molecular weight excluding hydrogens is 439 g/mol. The van der Waals surface area contributed by atoms with Crippen molar-refractivity contribution in [2.24, 2.45) is 0 Å².